The summed E-state index contributed by atoms with van der Waals surface area (Å²) in [7, 11) is 0. The van der Waals surface area contributed by atoms with Crippen molar-refractivity contribution < 1.29 is 33.6 Å². The van der Waals surface area contributed by atoms with Crippen LogP contribution in [0.5, 0.6) is 0 Å². The van der Waals surface area contributed by atoms with Crippen LogP contribution in [0.4, 0.5) is 5.69 Å². The Morgan fingerprint density at radius 3 is 2.50 bits per heavy atom. The van der Waals surface area contributed by atoms with Crippen LogP contribution in [0.25, 0.3) is 0 Å². The minimum absolute atomic E-state index is 0.00926. The molecule has 0 N–H and O–H groups in total. The Morgan fingerprint density at radius 2 is 1.96 bits per heavy atom. The van der Waals surface area contributed by atoms with Crippen LogP contribution in [0.1, 0.15) is 18.9 Å². The standard InChI is InChI=1S/C16H15ClN2O8S/c1-9(20)26-8-14(22)28-13-6-12(21)18(13)15(17)16(23)27-7-10-2-4-11(5-3-10)19(24)25/h2-5,13,15H,6-8H2,1H3. The Kier molecular flexibility index (Phi) is 7.35. The summed E-state index contributed by atoms with van der Waals surface area (Å²) in [6, 6.07) is 5.38. The van der Waals surface area contributed by atoms with E-state index in [1.807, 2.05) is 0 Å². The summed E-state index contributed by atoms with van der Waals surface area (Å²) >= 11 is 6.74. The van der Waals surface area contributed by atoms with E-state index in [9.17, 15) is 29.3 Å². The topological polar surface area (TPSA) is 133 Å². The van der Waals surface area contributed by atoms with E-state index < -0.39 is 45.4 Å². The first kappa shape index (κ1) is 21.6. The average molecular weight is 431 g/mol. The van der Waals surface area contributed by atoms with Gasteiger partial charge in [0.15, 0.2) is 6.61 Å². The Balaban J connectivity index is 1.86. The quantitative estimate of drug-likeness (QED) is 0.150. The van der Waals surface area contributed by atoms with Crippen LogP contribution in [-0.4, -0.2) is 50.3 Å². The van der Waals surface area contributed by atoms with Crippen LogP contribution in [-0.2, 0) is 35.3 Å². The Morgan fingerprint density at radius 1 is 1.32 bits per heavy atom. The second kappa shape index (κ2) is 9.51. The third-order valence-electron chi connectivity index (χ3n) is 3.58. The fraction of sp³-hybridized carbons (Fsp3) is 0.375. The van der Waals surface area contributed by atoms with Crippen LogP contribution < -0.4 is 0 Å². The molecule has 1 fully saturated rings. The molecule has 2 rings (SSSR count). The number of benzene rings is 1. The van der Waals surface area contributed by atoms with Gasteiger partial charge in [0, 0.05) is 19.1 Å². The number of thioether (sulfide) groups is 1. The number of likely N-dealkylation sites (tertiary alicyclic amines) is 1. The van der Waals surface area contributed by atoms with Crippen molar-refractivity contribution in [3.05, 3.63) is 39.9 Å². The number of alkyl halides is 1. The number of hydrogen-bond donors (Lipinski definition) is 0. The van der Waals surface area contributed by atoms with E-state index in [0.717, 1.165) is 23.6 Å². The van der Waals surface area contributed by atoms with Crippen molar-refractivity contribution in [2.75, 3.05) is 6.61 Å². The van der Waals surface area contributed by atoms with E-state index in [2.05, 4.69) is 4.74 Å². The molecule has 2 atom stereocenters. The molecular weight excluding hydrogens is 416 g/mol. The number of rotatable bonds is 8. The van der Waals surface area contributed by atoms with Crippen LogP contribution in [0.15, 0.2) is 24.3 Å². The van der Waals surface area contributed by atoms with Gasteiger partial charge in [-0.3, -0.25) is 24.5 Å². The minimum atomic E-state index is -1.43. The Labute approximate surface area is 168 Å². The highest BCUT2D eigenvalue weighted by Crippen LogP contribution is 2.33. The smallest absolute Gasteiger partial charge is 0.345 e. The maximum atomic E-state index is 12.1. The summed E-state index contributed by atoms with van der Waals surface area (Å²) in [5, 5.41) is 9.46. The first-order chi connectivity index (χ1) is 13.2. The predicted molar refractivity (Wildman–Crippen MR) is 97.0 cm³/mol. The van der Waals surface area contributed by atoms with Gasteiger partial charge in [-0.1, -0.05) is 23.4 Å². The van der Waals surface area contributed by atoms with Crippen molar-refractivity contribution in [1.82, 2.24) is 4.90 Å². The number of carbonyl (C=O) groups excluding carboxylic acids is 4. The number of halogens is 1. The molecule has 0 radical (unpaired) electrons. The number of ether oxygens (including phenoxy) is 2. The second-order valence-electron chi connectivity index (χ2n) is 5.60. The monoisotopic (exact) mass is 430 g/mol. The number of amides is 1. The Hall–Kier alpha value is -2.66. The molecular formula is C16H15ClN2O8S. The highest BCUT2D eigenvalue weighted by atomic mass is 35.5. The molecule has 28 heavy (non-hydrogen) atoms. The van der Waals surface area contributed by atoms with Crippen molar-refractivity contribution in [1.29, 1.82) is 0 Å². The molecule has 0 spiro atoms. The number of nitrogens with zero attached hydrogens (tertiary/aromatic N) is 2. The molecule has 1 aromatic rings. The van der Waals surface area contributed by atoms with Crippen LogP contribution in [0, 0.1) is 10.1 Å². The van der Waals surface area contributed by atoms with Gasteiger partial charge < -0.3 is 14.4 Å². The van der Waals surface area contributed by atoms with E-state index in [4.69, 9.17) is 16.3 Å². The van der Waals surface area contributed by atoms with E-state index in [1.165, 1.54) is 24.3 Å². The number of hydrogen-bond acceptors (Lipinski definition) is 9. The van der Waals surface area contributed by atoms with Crippen molar-refractivity contribution in [3.63, 3.8) is 0 Å². The number of nitro groups is 1. The number of carbonyl (C=O) groups is 4. The van der Waals surface area contributed by atoms with Gasteiger partial charge in [0.05, 0.1) is 16.7 Å². The van der Waals surface area contributed by atoms with E-state index >= 15 is 0 Å². The number of nitro benzene ring substituents is 1. The van der Waals surface area contributed by atoms with Gasteiger partial charge >= 0.3 is 11.9 Å². The van der Waals surface area contributed by atoms with Gasteiger partial charge in [-0.15, -0.1) is 0 Å². The number of β-lactam (4-membered cyclic amide) rings is 1. The molecule has 12 heteroatoms. The summed E-state index contributed by atoms with van der Waals surface area (Å²) in [4.78, 5) is 57.4. The molecule has 0 aliphatic carbocycles. The summed E-state index contributed by atoms with van der Waals surface area (Å²) in [6.45, 7) is 0.522. The van der Waals surface area contributed by atoms with Gasteiger partial charge in [-0.05, 0) is 17.7 Å². The lowest BCUT2D eigenvalue weighted by molar-refractivity contribution is -0.384. The van der Waals surface area contributed by atoms with Crippen molar-refractivity contribution >= 4 is 52.0 Å². The Bertz CT molecular complexity index is 800. The van der Waals surface area contributed by atoms with Crippen molar-refractivity contribution in [2.24, 2.45) is 0 Å². The molecule has 1 aliphatic rings. The van der Waals surface area contributed by atoms with Gasteiger partial charge in [0.1, 0.15) is 6.61 Å². The molecule has 1 saturated heterocycles. The number of non-ortho nitro benzene ring substituents is 1. The third kappa shape index (κ3) is 5.67. The maximum Gasteiger partial charge on any atom is 0.345 e. The van der Waals surface area contributed by atoms with Gasteiger partial charge in [-0.25, -0.2) is 4.79 Å². The summed E-state index contributed by atoms with van der Waals surface area (Å²) in [5.74, 6) is -1.93. The van der Waals surface area contributed by atoms with Crippen LogP contribution in [0.2, 0.25) is 0 Å². The first-order valence-corrected chi connectivity index (χ1v) is 9.18. The van der Waals surface area contributed by atoms with E-state index in [-0.39, 0.29) is 18.7 Å². The van der Waals surface area contributed by atoms with Gasteiger partial charge in [0.2, 0.25) is 16.5 Å². The lowest BCUT2D eigenvalue weighted by Crippen LogP contribution is -2.57. The van der Waals surface area contributed by atoms with Crippen LogP contribution in [0.3, 0.4) is 0 Å². The SMILES string of the molecule is CC(=O)OCC(=O)SC1CC(=O)N1C(Cl)C(=O)OCc1ccc([N+](=O)[O-])cc1. The van der Waals surface area contributed by atoms with Gasteiger partial charge in [-0.2, -0.15) is 0 Å². The molecule has 0 bridgehead atoms. The maximum absolute atomic E-state index is 12.1. The molecule has 1 amide bonds. The molecule has 0 saturated carbocycles. The fourth-order valence-electron chi connectivity index (χ4n) is 2.17. The van der Waals surface area contributed by atoms with E-state index in [1.54, 1.807) is 0 Å². The first-order valence-electron chi connectivity index (χ1n) is 7.87. The summed E-state index contributed by atoms with van der Waals surface area (Å²) in [5.41, 5.74) is -1.03. The zero-order valence-electron chi connectivity index (χ0n) is 14.5. The molecule has 150 valence electrons. The van der Waals surface area contributed by atoms with Crippen LogP contribution >= 0.6 is 23.4 Å². The zero-order chi connectivity index (χ0) is 20.8. The molecule has 1 aromatic carbocycles. The number of esters is 2. The van der Waals surface area contributed by atoms with E-state index in [0.29, 0.717) is 5.56 Å². The molecule has 0 aromatic heterocycles. The highest BCUT2D eigenvalue weighted by molar-refractivity contribution is 8.14. The minimum Gasteiger partial charge on any atom is -0.458 e. The summed E-state index contributed by atoms with van der Waals surface area (Å²) < 4.78 is 9.60. The lowest BCUT2D eigenvalue weighted by Gasteiger charge is -2.41. The second-order valence-corrected chi connectivity index (χ2v) is 7.25. The fourth-order valence-corrected chi connectivity index (χ4v) is 3.55. The van der Waals surface area contributed by atoms with Gasteiger partial charge in [0.25, 0.3) is 5.69 Å². The average Bonchev–Trinajstić information content (AvgIpc) is 2.64. The lowest BCUT2D eigenvalue weighted by atomic mass is 10.2. The zero-order valence-corrected chi connectivity index (χ0v) is 16.1. The normalized spacial score (nSPS) is 16.7. The van der Waals surface area contributed by atoms with Crippen molar-refractivity contribution in [2.45, 2.75) is 30.8 Å². The largest absolute Gasteiger partial charge is 0.458 e. The van der Waals surface area contributed by atoms with Crippen molar-refractivity contribution in [3.8, 4) is 0 Å². The molecule has 1 aliphatic heterocycles. The molecule has 2 unspecified atom stereocenters. The summed E-state index contributed by atoms with van der Waals surface area (Å²) in [6.07, 6.45) is 0.00926. The highest BCUT2D eigenvalue weighted by Gasteiger charge is 2.45. The predicted octanol–water partition coefficient (Wildman–Crippen LogP) is 1.58. The third-order valence-corrected chi connectivity index (χ3v) is 5.01. The molecule has 10 nitrogen and oxygen atoms in total. The molecule has 1 heterocycles.